The predicted octanol–water partition coefficient (Wildman–Crippen LogP) is 6.54. The third kappa shape index (κ3) is 4.59. The number of fused-ring (bicyclic) bond motifs is 2. The number of allylic oxidation sites excluding steroid dienone is 1. The van der Waals surface area contributed by atoms with Gasteiger partial charge in [0, 0.05) is 23.9 Å². The lowest BCUT2D eigenvalue weighted by atomic mass is 9.78. The van der Waals surface area contributed by atoms with Gasteiger partial charge in [0.05, 0.1) is 14.2 Å². The minimum Gasteiger partial charge on any atom is -0.493 e. The summed E-state index contributed by atoms with van der Waals surface area (Å²) in [6.07, 6.45) is 6.60. The van der Waals surface area contributed by atoms with E-state index in [1.165, 1.54) is 35.1 Å². The van der Waals surface area contributed by atoms with Gasteiger partial charge in [-0.25, -0.2) is 0 Å². The SMILES string of the molecule is COc1cc2c(cc1OC)C(=O)C(C1=Cc3ccccc3C1CC1CCN(Cc3ccccc3)CC1)C2. The Morgan fingerprint density at radius 2 is 1.59 bits per heavy atom. The van der Waals surface area contributed by atoms with Crippen molar-refractivity contribution in [3.8, 4) is 11.5 Å². The number of rotatable bonds is 7. The summed E-state index contributed by atoms with van der Waals surface area (Å²) >= 11 is 0. The van der Waals surface area contributed by atoms with E-state index in [1.54, 1.807) is 14.2 Å². The molecule has 4 heteroatoms. The first-order valence-corrected chi connectivity index (χ1v) is 13.5. The largest absolute Gasteiger partial charge is 0.493 e. The number of piperidine rings is 1. The Bertz CT molecular complexity index is 1320. The van der Waals surface area contributed by atoms with Crippen LogP contribution in [0.5, 0.6) is 11.5 Å². The van der Waals surface area contributed by atoms with Crippen LogP contribution >= 0.6 is 0 Å². The number of Topliss-reactive ketones (excluding diaryl/α,β-unsaturated/α-hetero) is 1. The van der Waals surface area contributed by atoms with Crippen molar-refractivity contribution in [1.82, 2.24) is 4.90 Å². The lowest BCUT2D eigenvalue weighted by molar-refractivity contribution is 0.0950. The van der Waals surface area contributed by atoms with E-state index < -0.39 is 0 Å². The van der Waals surface area contributed by atoms with E-state index in [0.29, 0.717) is 23.3 Å². The molecule has 1 fully saturated rings. The summed E-state index contributed by atoms with van der Waals surface area (Å²) in [7, 11) is 3.27. The second kappa shape index (κ2) is 10.2. The van der Waals surface area contributed by atoms with Gasteiger partial charge in [-0.1, -0.05) is 66.2 Å². The van der Waals surface area contributed by atoms with E-state index in [1.807, 2.05) is 12.1 Å². The van der Waals surface area contributed by atoms with Gasteiger partial charge >= 0.3 is 0 Å². The fourth-order valence-electron chi connectivity index (χ4n) is 6.67. The molecule has 3 aromatic rings. The molecule has 0 spiro atoms. The van der Waals surface area contributed by atoms with Crippen molar-refractivity contribution < 1.29 is 14.3 Å². The Labute approximate surface area is 219 Å². The lowest BCUT2D eigenvalue weighted by Gasteiger charge is -2.34. The molecule has 0 N–H and O–H groups in total. The van der Waals surface area contributed by atoms with Crippen molar-refractivity contribution in [2.24, 2.45) is 11.8 Å². The molecule has 0 aromatic heterocycles. The van der Waals surface area contributed by atoms with Gasteiger partial charge in [0.2, 0.25) is 0 Å². The summed E-state index contributed by atoms with van der Waals surface area (Å²) in [5, 5.41) is 0. The number of carbonyl (C=O) groups is 1. The van der Waals surface area contributed by atoms with Gasteiger partial charge in [-0.2, -0.15) is 0 Å². The molecule has 2 unspecified atom stereocenters. The molecule has 0 saturated carbocycles. The van der Waals surface area contributed by atoms with Crippen LogP contribution in [0.1, 0.15) is 57.8 Å². The zero-order valence-corrected chi connectivity index (χ0v) is 21.8. The fourth-order valence-corrected chi connectivity index (χ4v) is 6.67. The minimum atomic E-state index is -0.109. The molecule has 6 rings (SSSR count). The van der Waals surface area contributed by atoms with Crippen molar-refractivity contribution in [2.75, 3.05) is 27.3 Å². The maximum absolute atomic E-state index is 13.7. The van der Waals surface area contributed by atoms with Crippen LogP contribution in [-0.2, 0) is 13.0 Å². The first-order valence-electron chi connectivity index (χ1n) is 13.5. The maximum atomic E-state index is 13.7. The van der Waals surface area contributed by atoms with E-state index in [2.05, 4.69) is 65.6 Å². The third-order valence-electron chi connectivity index (χ3n) is 8.64. The predicted molar refractivity (Wildman–Crippen MR) is 147 cm³/mol. The zero-order chi connectivity index (χ0) is 25.4. The average molecular weight is 494 g/mol. The van der Waals surface area contributed by atoms with Gasteiger partial charge in [-0.15, -0.1) is 0 Å². The first-order chi connectivity index (χ1) is 18.1. The van der Waals surface area contributed by atoms with Crippen LogP contribution in [0.4, 0.5) is 0 Å². The average Bonchev–Trinajstić information content (AvgIpc) is 3.46. The first kappa shape index (κ1) is 24.0. The molecule has 190 valence electrons. The van der Waals surface area contributed by atoms with Crippen LogP contribution in [0.3, 0.4) is 0 Å². The van der Waals surface area contributed by atoms with Gasteiger partial charge in [0.1, 0.15) is 0 Å². The van der Waals surface area contributed by atoms with Gasteiger partial charge in [-0.05, 0) is 79.1 Å². The zero-order valence-electron chi connectivity index (χ0n) is 21.8. The summed E-state index contributed by atoms with van der Waals surface area (Å²) in [6, 6.07) is 23.4. The number of carbonyl (C=O) groups excluding carboxylic acids is 1. The summed E-state index contributed by atoms with van der Waals surface area (Å²) in [5.41, 5.74) is 7.21. The molecule has 4 nitrogen and oxygen atoms in total. The van der Waals surface area contributed by atoms with Crippen LogP contribution in [0, 0.1) is 11.8 Å². The van der Waals surface area contributed by atoms with Crippen LogP contribution in [0.25, 0.3) is 6.08 Å². The summed E-state index contributed by atoms with van der Waals surface area (Å²) < 4.78 is 11.0. The lowest BCUT2D eigenvalue weighted by Crippen LogP contribution is -2.34. The molecule has 1 aliphatic heterocycles. The summed E-state index contributed by atoms with van der Waals surface area (Å²) in [5.74, 6) is 2.41. The highest BCUT2D eigenvalue weighted by molar-refractivity contribution is 6.05. The maximum Gasteiger partial charge on any atom is 0.170 e. The van der Waals surface area contributed by atoms with Gasteiger partial charge in [0.15, 0.2) is 17.3 Å². The number of methoxy groups -OCH3 is 2. The van der Waals surface area contributed by atoms with Crippen molar-refractivity contribution in [1.29, 1.82) is 0 Å². The third-order valence-corrected chi connectivity index (χ3v) is 8.64. The molecular formula is C33H35NO3. The Morgan fingerprint density at radius 3 is 2.35 bits per heavy atom. The minimum absolute atomic E-state index is 0.109. The molecule has 2 atom stereocenters. The fraction of sp³-hybridized carbons (Fsp3) is 0.364. The highest BCUT2D eigenvalue weighted by Crippen LogP contribution is 2.49. The number of benzene rings is 3. The normalized spacial score (nSPS) is 21.5. The Hall–Kier alpha value is -3.37. The monoisotopic (exact) mass is 493 g/mol. The van der Waals surface area contributed by atoms with Crippen LogP contribution < -0.4 is 9.47 Å². The number of ether oxygens (including phenoxy) is 2. The molecular weight excluding hydrogens is 458 g/mol. The molecule has 3 aliphatic rings. The van der Waals surface area contributed by atoms with E-state index in [-0.39, 0.29) is 11.7 Å². The number of hydrogen-bond acceptors (Lipinski definition) is 4. The highest BCUT2D eigenvalue weighted by atomic mass is 16.5. The summed E-state index contributed by atoms with van der Waals surface area (Å²) in [4.78, 5) is 16.3. The molecule has 1 saturated heterocycles. The van der Waals surface area contributed by atoms with Crippen LogP contribution in [0.2, 0.25) is 0 Å². The molecule has 1 heterocycles. The van der Waals surface area contributed by atoms with Crippen molar-refractivity contribution in [3.05, 3.63) is 100 Å². The van der Waals surface area contributed by atoms with Gasteiger partial charge in [-0.3, -0.25) is 9.69 Å². The number of ketones is 1. The Kier molecular flexibility index (Phi) is 6.60. The molecule has 37 heavy (non-hydrogen) atoms. The second-order valence-electron chi connectivity index (χ2n) is 10.8. The van der Waals surface area contributed by atoms with Crippen LogP contribution in [-0.4, -0.2) is 38.0 Å². The molecule has 0 amide bonds. The topological polar surface area (TPSA) is 38.8 Å². The smallest absolute Gasteiger partial charge is 0.170 e. The number of likely N-dealkylation sites (tertiary alicyclic amines) is 1. The van der Waals surface area contributed by atoms with Crippen molar-refractivity contribution in [3.63, 3.8) is 0 Å². The standard InChI is InChI=1S/C33H35NO3/c1-36-31-19-25-18-30(33(35)27(25)20-32(31)37-2)29-17-24-10-6-7-11-26(24)28(29)16-22-12-14-34(15-13-22)21-23-8-4-3-5-9-23/h3-11,17,19-20,22,28,30H,12-16,18,21H2,1-2H3. The molecule has 0 bridgehead atoms. The number of hydrogen-bond donors (Lipinski definition) is 0. The van der Waals surface area contributed by atoms with E-state index >= 15 is 0 Å². The van der Waals surface area contributed by atoms with Crippen molar-refractivity contribution in [2.45, 2.75) is 38.1 Å². The molecule has 2 aliphatic carbocycles. The van der Waals surface area contributed by atoms with Crippen molar-refractivity contribution >= 4 is 11.9 Å². The quantitative estimate of drug-likeness (QED) is 0.375. The van der Waals surface area contributed by atoms with Gasteiger partial charge < -0.3 is 9.47 Å². The van der Waals surface area contributed by atoms with E-state index in [4.69, 9.17) is 9.47 Å². The number of nitrogens with zero attached hydrogens (tertiary/aromatic N) is 1. The highest BCUT2D eigenvalue weighted by Gasteiger charge is 2.40. The Morgan fingerprint density at radius 1 is 0.892 bits per heavy atom. The van der Waals surface area contributed by atoms with E-state index in [9.17, 15) is 4.79 Å². The molecule has 0 radical (unpaired) electrons. The molecule has 3 aromatic carbocycles. The van der Waals surface area contributed by atoms with Crippen LogP contribution in [0.15, 0.2) is 72.3 Å². The Balaban J connectivity index is 1.20. The van der Waals surface area contributed by atoms with Gasteiger partial charge in [0.25, 0.3) is 0 Å². The summed E-state index contributed by atoms with van der Waals surface area (Å²) in [6.45, 7) is 3.31. The van der Waals surface area contributed by atoms with E-state index in [0.717, 1.165) is 43.6 Å². The second-order valence-corrected chi connectivity index (χ2v) is 10.8.